The van der Waals surface area contributed by atoms with Crippen molar-refractivity contribution in [2.75, 3.05) is 50.1 Å². The molecule has 0 spiro atoms. The van der Waals surface area contributed by atoms with Gasteiger partial charge in [0.2, 0.25) is 0 Å². The van der Waals surface area contributed by atoms with Gasteiger partial charge in [0.05, 0.1) is 5.69 Å². The number of aromatic nitrogens is 2. The molecule has 0 atom stereocenters. The molecule has 31 heavy (non-hydrogen) atoms. The van der Waals surface area contributed by atoms with Crippen LogP contribution in [0.15, 0.2) is 54.6 Å². The van der Waals surface area contributed by atoms with Crippen molar-refractivity contribution in [1.29, 1.82) is 0 Å². The summed E-state index contributed by atoms with van der Waals surface area (Å²) in [6.45, 7) is 7.04. The third-order valence-electron chi connectivity index (χ3n) is 5.83. The highest BCUT2D eigenvalue weighted by molar-refractivity contribution is 5.94. The first kappa shape index (κ1) is 20.8. The van der Waals surface area contributed by atoms with E-state index in [1.165, 1.54) is 11.1 Å². The largest absolute Gasteiger partial charge is 0.378 e. The van der Waals surface area contributed by atoms with Crippen LogP contribution in [0.2, 0.25) is 0 Å². The van der Waals surface area contributed by atoms with Crippen molar-refractivity contribution in [3.8, 4) is 11.3 Å². The lowest BCUT2D eigenvalue weighted by molar-refractivity contribution is 0.0746. The Morgan fingerprint density at radius 2 is 1.58 bits per heavy atom. The predicted octanol–water partition coefficient (Wildman–Crippen LogP) is 3.79. The summed E-state index contributed by atoms with van der Waals surface area (Å²) < 4.78 is 0. The number of hydrogen-bond acceptors (Lipinski definition) is 5. The SMILES string of the molecule is Cc1ccc(-c2ccc(N3CCN(C(=O)c4ccc(N(C)C)cc4)CC3)nn2)c(C)c1. The van der Waals surface area contributed by atoms with Crippen LogP contribution in [-0.2, 0) is 0 Å². The van der Waals surface area contributed by atoms with Crippen molar-refractivity contribution in [3.63, 3.8) is 0 Å². The van der Waals surface area contributed by atoms with Gasteiger partial charge in [-0.1, -0.05) is 23.8 Å². The molecule has 0 aliphatic carbocycles. The highest BCUT2D eigenvalue weighted by atomic mass is 16.2. The average molecular weight is 416 g/mol. The van der Waals surface area contributed by atoms with E-state index in [-0.39, 0.29) is 5.91 Å². The van der Waals surface area contributed by atoms with Crippen molar-refractivity contribution in [1.82, 2.24) is 15.1 Å². The van der Waals surface area contributed by atoms with Gasteiger partial charge in [-0.3, -0.25) is 4.79 Å². The minimum Gasteiger partial charge on any atom is -0.378 e. The number of nitrogens with zero attached hydrogens (tertiary/aromatic N) is 5. The lowest BCUT2D eigenvalue weighted by Gasteiger charge is -2.35. The molecule has 3 aromatic rings. The zero-order chi connectivity index (χ0) is 22.0. The average Bonchev–Trinajstić information content (AvgIpc) is 2.79. The van der Waals surface area contributed by atoms with Crippen LogP contribution in [0.3, 0.4) is 0 Å². The van der Waals surface area contributed by atoms with Crippen LogP contribution in [0, 0.1) is 13.8 Å². The fraction of sp³-hybridized carbons (Fsp3) is 0.320. The van der Waals surface area contributed by atoms with Gasteiger partial charge < -0.3 is 14.7 Å². The molecule has 0 radical (unpaired) electrons. The normalized spacial score (nSPS) is 13.9. The zero-order valence-corrected chi connectivity index (χ0v) is 18.7. The summed E-state index contributed by atoms with van der Waals surface area (Å²) in [6, 6.07) is 18.2. The fourth-order valence-corrected chi connectivity index (χ4v) is 3.96. The molecule has 0 bridgehead atoms. The number of carbonyl (C=O) groups excluding carboxylic acids is 1. The van der Waals surface area contributed by atoms with E-state index >= 15 is 0 Å². The lowest BCUT2D eigenvalue weighted by Crippen LogP contribution is -2.49. The number of piperazine rings is 1. The Bertz CT molecular complexity index is 1050. The first-order valence-electron chi connectivity index (χ1n) is 10.7. The number of carbonyl (C=O) groups is 1. The number of benzene rings is 2. The number of amides is 1. The molecule has 0 unspecified atom stereocenters. The molecule has 0 saturated carbocycles. The summed E-state index contributed by atoms with van der Waals surface area (Å²) in [7, 11) is 3.99. The molecule has 1 aliphatic heterocycles. The standard InChI is InChI=1S/C25H29N5O/c1-18-5-10-22(19(2)17-18)23-11-12-24(27-26-23)29-13-15-30(16-14-29)25(31)20-6-8-21(9-7-20)28(3)4/h5-12,17H,13-16H2,1-4H3. The van der Waals surface area contributed by atoms with Crippen LogP contribution < -0.4 is 9.80 Å². The third-order valence-corrected chi connectivity index (χ3v) is 5.83. The minimum absolute atomic E-state index is 0.0845. The van der Waals surface area contributed by atoms with E-state index in [0.29, 0.717) is 13.1 Å². The van der Waals surface area contributed by atoms with Gasteiger partial charge in [0.15, 0.2) is 5.82 Å². The molecule has 1 aromatic heterocycles. The Kier molecular flexibility index (Phi) is 5.89. The Morgan fingerprint density at radius 1 is 0.871 bits per heavy atom. The van der Waals surface area contributed by atoms with Gasteiger partial charge in [0, 0.05) is 57.1 Å². The molecule has 1 amide bonds. The van der Waals surface area contributed by atoms with Crippen LogP contribution in [0.25, 0.3) is 11.3 Å². The second kappa shape index (κ2) is 8.76. The topological polar surface area (TPSA) is 52.6 Å². The Morgan fingerprint density at radius 3 is 2.16 bits per heavy atom. The minimum atomic E-state index is 0.0845. The van der Waals surface area contributed by atoms with Crippen LogP contribution in [0.1, 0.15) is 21.5 Å². The molecule has 6 nitrogen and oxygen atoms in total. The molecule has 0 N–H and O–H groups in total. The Hall–Kier alpha value is -3.41. The first-order chi connectivity index (χ1) is 14.9. The van der Waals surface area contributed by atoms with E-state index in [2.05, 4.69) is 47.1 Å². The number of aryl methyl sites for hydroxylation is 2. The molecule has 4 rings (SSSR count). The van der Waals surface area contributed by atoms with Crippen LogP contribution in [-0.4, -0.2) is 61.3 Å². The number of anilines is 2. The van der Waals surface area contributed by atoms with Crippen molar-refractivity contribution >= 4 is 17.4 Å². The number of rotatable bonds is 4. The van der Waals surface area contributed by atoms with Crippen LogP contribution in [0.4, 0.5) is 11.5 Å². The van der Waals surface area contributed by atoms with Gasteiger partial charge in [0.25, 0.3) is 5.91 Å². The lowest BCUT2D eigenvalue weighted by atomic mass is 10.0. The molecular formula is C25H29N5O. The van der Waals surface area contributed by atoms with Gasteiger partial charge in [-0.2, -0.15) is 0 Å². The first-order valence-corrected chi connectivity index (χ1v) is 10.7. The maximum atomic E-state index is 12.8. The molecule has 2 aromatic carbocycles. The van der Waals surface area contributed by atoms with E-state index in [1.807, 2.05) is 60.3 Å². The molecule has 160 valence electrons. The van der Waals surface area contributed by atoms with Crippen molar-refractivity contribution in [2.24, 2.45) is 0 Å². The van der Waals surface area contributed by atoms with Gasteiger partial charge in [0.1, 0.15) is 0 Å². The molecule has 6 heteroatoms. The fourth-order valence-electron chi connectivity index (χ4n) is 3.96. The van der Waals surface area contributed by atoms with Gasteiger partial charge >= 0.3 is 0 Å². The number of hydrogen-bond donors (Lipinski definition) is 0. The van der Waals surface area contributed by atoms with Gasteiger partial charge in [-0.25, -0.2) is 0 Å². The Labute approximate surface area is 184 Å². The highest BCUT2D eigenvalue weighted by Gasteiger charge is 2.23. The second-order valence-corrected chi connectivity index (χ2v) is 8.32. The van der Waals surface area contributed by atoms with E-state index in [1.54, 1.807) is 0 Å². The zero-order valence-electron chi connectivity index (χ0n) is 18.7. The summed E-state index contributed by atoms with van der Waals surface area (Å²) in [5.41, 5.74) is 6.26. The van der Waals surface area contributed by atoms with E-state index < -0.39 is 0 Å². The molecule has 2 heterocycles. The quantitative estimate of drug-likeness (QED) is 0.649. The van der Waals surface area contributed by atoms with Crippen molar-refractivity contribution in [3.05, 3.63) is 71.3 Å². The summed E-state index contributed by atoms with van der Waals surface area (Å²) in [5.74, 6) is 0.942. The van der Waals surface area contributed by atoms with Crippen LogP contribution >= 0.6 is 0 Å². The van der Waals surface area contributed by atoms with Gasteiger partial charge in [-0.05, 0) is 55.8 Å². The van der Waals surface area contributed by atoms with Gasteiger partial charge in [-0.15, -0.1) is 10.2 Å². The summed E-state index contributed by atoms with van der Waals surface area (Å²) in [6.07, 6.45) is 0. The summed E-state index contributed by atoms with van der Waals surface area (Å²) in [4.78, 5) is 19.0. The smallest absolute Gasteiger partial charge is 0.253 e. The molecule has 1 aliphatic rings. The summed E-state index contributed by atoms with van der Waals surface area (Å²) in [5, 5.41) is 8.93. The van der Waals surface area contributed by atoms with E-state index in [9.17, 15) is 4.79 Å². The third kappa shape index (κ3) is 4.53. The monoisotopic (exact) mass is 415 g/mol. The van der Waals surface area contributed by atoms with Crippen molar-refractivity contribution in [2.45, 2.75) is 13.8 Å². The van der Waals surface area contributed by atoms with E-state index in [4.69, 9.17) is 0 Å². The van der Waals surface area contributed by atoms with E-state index in [0.717, 1.165) is 41.4 Å². The maximum Gasteiger partial charge on any atom is 0.253 e. The van der Waals surface area contributed by atoms with Crippen molar-refractivity contribution < 1.29 is 4.79 Å². The summed E-state index contributed by atoms with van der Waals surface area (Å²) >= 11 is 0. The highest BCUT2D eigenvalue weighted by Crippen LogP contribution is 2.24. The maximum absolute atomic E-state index is 12.8. The predicted molar refractivity (Wildman–Crippen MR) is 126 cm³/mol. The molecule has 1 fully saturated rings. The molecule has 1 saturated heterocycles. The second-order valence-electron chi connectivity index (χ2n) is 8.32. The van der Waals surface area contributed by atoms with Crippen LogP contribution in [0.5, 0.6) is 0 Å². The molecular weight excluding hydrogens is 386 g/mol. The Balaban J connectivity index is 1.38.